The monoisotopic (exact) mass is 280 g/mol. The van der Waals surface area contributed by atoms with Crippen LogP contribution >= 0.6 is 23.2 Å². The number of halogens is 2. The van der Waals surface area contributed by atoms with Gasteiger partial charge in [0.25, 0.3) is 0 Å². The van der Waals surface area contributed by atoms with Crippen molar-refractivity contribution in [3.63, 3.8) is 0 Å². The van der Waals surface area contributed by atoms with E-state index < -0.39 is 0 Å². The molecular weight excluding hydrogens is 267 g/mol. The Morgan fingerprint density at radius 2 is 1.78 bits per heavy atom. The quantitative estimate of drug-likeness (QED) is 0.783. The number of hydrogen-bond donors (Lipinski definition) is 0. The SMILES string of the molecule is COc1cccc(CCc2cccc(Cl)c2Cl)c1. The zero-order chi connectivity index (χ0) is 13.0. The third-order valence-corrected chi connectivity index (χ3v) is 3.71. The summed E-state index contributed by atoms with van der Waals surface area (Å²) in [6.45, 7) is 0. The Hall–Kier alpha value is -1.18. The summed E-state index contributed by atoms with van der Waals surface area (Å²) in [6, 6.07) is 13.8. The Labute approximate surface area is 117 Å². The summed E-state index contributed by atoms with van der Waals surface area (Å²) >= 11 is 12.2. The first-order valence-electron chi connectivity index (χ1n) is 5.76. The molecule has 94 valence electrons. The zero-order valence-electron chi connectivity index (χ0n) is 10.1. The van der Waals surface area contributed by atoms with E-state index in [-0.39, 0.29) is 0 Å². The molecule has 0 aliphatic heterocycles. The molecule has 1 nitrogen and oxygen atoms in total. The van der Waals surface area contributed by atoms with E-state index in [1.54, 1.807) is 13.2 Å². The minimum atomic E-state index is 0.611. The highest BCUT2D eigenvalue weighted by molar-refractivity contribution is 6.42. The van der Waals surface area contributed by atoms with Crippen molar-refractivity contribution in [2.24, 2.45) is 0 Å². The van der Waals surface area contributed by atoms with E-state index in [9.17, 15) is 0 Å². The second kappa shape index (κ2) is 6.12. The van der Waals surface area contributed by atoms with Gasteiger partial charge in [-0.1, -0.05) is 47.5 Å². The summed E-state index contributed by atoms with van der Waals surface area (Å²) in [7, 11) is 1.67. The van der Waals surface area contributed by atoms with Crippen LogP contribution in [0.5, 0.6) is 5.75 Å². The van der Waals surface area contributed by atoms with Gasteiger partial charge >= 0.3 is 0 Å². The van der Waals surface area contributed by atoms with Gasteiger partial charge in [0.15, 0.2) is 0 Å². The summed E-state index contributed by atoms with van der Waals surface area (Å²) in [4.78, 5) is 0. The van der Waals surface area contributed by atoms with Crippen LogP contribution in [-0.4, -0.2) is 7.11 Å². The largest absolute Gasteiger partial charge is 0.497 e. The van der Waals surface area contributed by atoms with Crippen LogP contribution < -0.4 is 4.74 Å². The molecule has 0 radical (unpaired) electrons. The molecule has 0 fully saturated rings. The Kier molecular flexibility index (Phi) is 4.51. The molecule has 0 aliphatic carbocycles. The molecule has 0 bridgehead atoms. The number of hydrogen-bond acceptors (Lipinski definition) is 1. The topological polar surface area (TPSA) is 9.23 Å². The zero-order valence-corrected chi connectivity index (χ0v) is 11.6. The van der Waals surface area contributed by atoms with Crippen LogP contribution in [0.1, 0.15) is 11.1 Å². The second-order valence-corrected chi connectivity index (χ2v) is 4.85. The van der Waals surface area contributed by atoms with Gasteiger partial charge in [-0.05, 0) is 42.2 Å². The van der Waals surface area contributed by atoms with Gasteiger partial charge in [-0.3, -0.25) is 0 Å². The van der Waals surface area contributed by atoms with Gasteiger partial charge in [0.05, 0.1) is 17.2 Å². The van der Waals surface area contributed by atoms with Gasteiger partial charge < -0.3 is 4.74 Å². The maximum atomic E-state index is 6.16. The van der Waals surface area contributed by atoms with Crippen LogP contribution in [-0.2, 0) is 12.8 Å². The lowest BCUT2D eigenvalue weighted by Crippen LogP contribution is -1.93. The van der Waals surface area contributed by atoms with Crippen molar-refractivity contribution in [1.29, 1.82) is 0 Å². The molecule has 0 aliphatic rings. The van der Waals surface area contributed by atoms with Crippen molar-refractivity contribution >= 4 is 23.2 Å². The Morgan fingerprint density at radius 1 is 1.00 bits per heavy atom. The summed E-state index contributed by atoms with van der Waals surface area (Å²) in [5, 5.41) is 1.27. The van der Waals surface area contributed by atoms with Crippen molar-refractivity contribution in [2.75, 3.05) is 7.11 Å². The average Bonchev–Trinajstić information content (AvgIpc) is 2.41. The maximum absolute atomic E-state index is 6.16. The highest BCUT2D eigenvalue weighted by Crippen LogP contribution is 2.26. The van der Waals surface area contributed by atoms with E-state index in [0.29, 0.717) is 10.0 Å². The van der Waals surface area contributed by atoms with Gasteiger partial charge in [-0.15, -0.1) is 0 Å². The van der Waals surface area contributed by atoms with Crippen LogP contribution in [0.2, 0.25) is 10.0 Å². The predicted octanol–water partition coefficient (Wildman–Crippen LogP) is 4.79. The molecule has 2 aromatic carbocycles. The number of rotatable bonds is 4. The molecule has 2 rings (SSSR count). The van der Waals surface area contributed by atoms with E-state index in [0.717, 1.165) is 24.2 Å². The number of benzene rings is 2. The fraction of sp³-hybridized carbons (Fsp3) is 0.200. The van der Waals surface area contributed by atoms with Crippen molar-refractivity contribution in [3.8, 4) is 5.75 Å². The molecule has 0 aromatic heterocycles. The number of methoxy groups -OCH3 is 1. The van der Waals surface area contributed by atoms with Crippen LogP contribution in [0.25, 0.3) is 0 Å². The van der Waals surface area contributed by atoms with Gasteiger partial charge in [0.1, 0.15) is 5.75 Å². The van der Waals surface area contributed by atoms with E-state index >= 15 is 0 Å². The van der Waals surface area contributed by atoms with Crippen LogP contribution in [0.4, 0.5) is 0 Å². The molecular formula is C15H14Cl2O. The highest BCUT2D eigenvalue weighted by Gasteiger charge is 2.04. The minimum Gasteiger partial charge on any atom is -0.497 e. The maximum Gasteiger partial charge on any atom is 0.119 e. The second-order valence-electron chi connectivity index (χ2n) is 4.06. The first-order valence-corrected chi connectivity index (χ1v) is 6.52. The molecule has 0 spiro atoms. The van der Waals surface area contributed by atoms with Gasteiger partial charge in [-0.25, -0.2) is 0 Å². The molecule has 0 saturated heterocycles. The van der Waals surface area contributed by atoms with E-state index in [1.165, 1.54) is 5.56 Å². The van der Waals surface area contributed by atoms with Crippen molar-refractivity contribution in [2.45, 2.75) is 12.8 Å². The van der Waals surface area contributed by atoms with Crippen molar-refractivity contribution in [1.82, 2.24) is 0 Å². The van der Waals surface area contributed by atoms with Crippen molar-refractivity contribution < 1.29 is 4.74 Å². The van der Waals surface area contributed by atoms with Gasteiger partial charge in [-0.2, -0.15) is 0 Å². The molecule has 0 saturated carbocycles. The predicted molar refractivity (Wildman–Crippen MR) is 76.9 cm³/mol. The first-order chi connectivity index (χ1) is 8.70. The van der Waals surface area contributed by atoms with E-state index in [4.69, 9.17) is 27.9 Å². The third-order valence-electron chi connectivity index (χ3n) is 2.85. The summed E-state index contributed by atoms with van der Waals surface area (Å²) in [5.41, 5.74) is 2.30. The summed E-state index contributed by atoms with van der Waals surface area (Å²) in [6.07, 6.45) is 1.78. The average molecular weight is 281 g/mol. The first kappa shape index (κ1) is 13.3. The lowest BCUT2D eigenvalue weighted by molar-refractivity contribution is 0.414. The minimum absolute atomic E-state index is 0.611. The molecule has 0 unspecified atom stereocenters. The molecule has 0 amide bonds. The molecule has 2 aromatic rings. The molecule has 0 heterocycles. The molecule has 3 heteroatoms. The normalized spacial score (nSPS) is 10.4. The Morgan fingerprint density at radius 3 is 2.56 bits per heavy atom. The van der Waals surface area contributed by atoms with E-state index in [1.807, 2.05) is 30.3 Å². The fourth-order valence-electron chi connectivity index (χ4n) is 1.85. The fourth-order valence-corrected chi connectivity index (χ4v) is 2.26. The lowest BCUT2D eigenvalue weighted by atomic mass is 10.0. The number of aryl methyl sites for hydroxylation is 2. The van der Waals surface area contributed by atoms with Crippen LogP contribution in [0.15, 0.2) is 42.5 Å². The van der Waals surface area contributed by atoms with Gasteiger partial charge in [0.2, 0.25) is 0 Å². The third kappa shape index (κ3) is 3.18. The summed E-state index contributed by atoms with van der Waals surface area (Å²) < 4.78 is 5.20. The summed E-state index contributed by atoms with van der Waals surface area (Å²) in [5.74, 6) is 0.879. The van der Waals surface area contributed by atoms with E-state index in [2.05, 4.69) is 6.07 Å². The molecule has 0 N–H and O–H groups in total. The molecule has 0 atom stereocenters. The number of ether oxygens (including phenoxy) is 1. The van der Waals surface area contributed by atoms with Crippen LogP contribution in [0.3, 0.4) is 0 Å². The van der Waals surface area contributed by atoms with Gasteiger partial charge in [0, 0.05) is 0 Å². The highest BCUT2D eigenvalue weighted by atomic mass is 35.5. The van der Waals surface area contributed by atoms with Crippen LogP contribution in [0, 0.1) is 0 Å². The van der Waals surface area contributed by atoms with Crippen molar-refractivity contribution in [3.05, 3.63) is 63.6 Å². The standard InChI is InChI=1S/C15H14Cl2O/c1-18-13-6-2-4-11(10-13)8-9-12-5-3-7-14(16)15(12)17/h2-7,10H,8-9H2,1H3. The Balaban J connectivity index is 2.09. The molecule has 18 heavy (non-hydrogen) atoms. The smallest absolute Gasteiger partial charge is 0.119 e. The Bertz CT molecular complexity index is 538. The lowest BCUT2D eigenvalue weighted by Gasteiger charge is -2.07.